The molecule has 2 rings (SSSR count). The van der Waals surface area contributed by atoms with Crippen LogP contribution in [0.4, 0.5) is 0 Å². The van der Waals surface area contributed by atoms with E-state index >= 15 is 0 Å². The molecule has 1 fully saturated rings. The van der Waals surface area contributed by atoms with Crippen molar-refractivity contribution in [2.75, 3.05) is 13.2 Å². The summed E-state index contributed by atoms with van der Waals surface area (Å²) >= 11 is 0. The van der Waals surface area contributed by atoms with Gasteiger partial charge in [-0.15, -0.1) is 0 Å². The van der Waals surface area contributed by atoms with Crippen LogP contribution < -0.4 is 4.74 Å². The third kappa shape index (κ3) is 4.23. The highest BCUT2D eigenvalue weighted by atomic mass is 16.7. The molecule has 2 heterocycles. The fraction of sp³-hybridized carbons (Fsp3) is 0.692. The number of rotatable bonds is 5. The van der Waals surface area contributed by atoms with Crippen molar-refractivity contribution in [3.63, 3.8) is 0 Å². The molecule has 0 spiro atoms. The van der Waals surface area contributed by atoms with Gasteiger partial charge >= 0.3 is 0 Å². The zero-order valence-electron chi connectivity index (χ0n) is 11.0. The maximum atomic E-state index is 5.91. The zero-order chi connectivity index (χ0) is 12.8. The first-order chi connectivity index (χ1) is 8.66. The number of ether oxygens (including phenoxy) is 3. The maximum absolute atomic E-state index is 5.91. The quantitative estimate of drug-likeness (QED) is 0.804. The van der Waals surface area contributed by atoms with Gasteiger partial charge < -0.3 is 14.2 Å². The Balaban J connectivity index is 1.79. The molecule has 0 bridgehead atoms. The fourth-order valence-corrected chi connectivity index (χ4v) is 1.80. The fourth-order valence-electron chi connectivity index (χ4n) is 1.80. The Kier molecular flexibility index (Phi) is 4.49. The molecule has 0 radical (unpaired) electrons. The maximum Gasteiger partial charge on any atom is 0.232 e. The predicted octanol–water partition coefficient (Wildman–Crippen LogP) is 2.18. The summed E-state index contributed by atoms with van der Waals surface area (Å²) < 4.78 is 17.0. The molecule has 1 aromatic rings. The van der Waals surface area contributed by atoms with E-state index in [0.29, 0.717) is 12.5 Å². The molecule has 0 aliphatic carbocycles. The Morgan fingerprint density at radius 1 is 1.39 bits per heavy atom. The Morgan fingerprint density at radius 3 is 2.94 bits per heavy atom. The van der Waals surface area contributed by atoms with Gasteiger partial charge in [0.05, 0.1) is 11.8 Å². The van der Waals surface area contributed by atoms with Gasteiger partial charge in [0.25, 0.3) is 0 Å². The van der Waals surface area contributed by atoms with E-state index in [1.165, 1.54) is 0 Å². The predicted molar refractivity (Wildman–Crippen MR) is 66.3 cm³/mol. The second-order valence-electron chi connectivity index (χ2n) is 5.01. The van der Waals surface area contributed by atoms with E-state index in [9.17, 15) is 0 Å². The third-order valence-corrected chi connectivity index (χ3v) is 2.70. The van der Waals surface area contributed by atoms with E-state index in [4.69, 9.17) is 14.2 Å². The molecular weight excluding hydrogens is 232 g/mol. The summed E-state index contributed by atoms with van der Waals surface area (Å²) in [4.78, 5) is 8.01. The van der Waals surface area contributed by atoms with E-state index in [2.05, 4.69) is 9.97 Å². The van der Waals surface area contributed by atoms with Gasteiger partial charge in [0.15, 0.2) is 6.29 Å². The summed E-state index contributed by atoms with van der Waals surface area (Å²) in [5, 5.41) is 0. The summed E-state index contributed by atoms with van der Waals surface area (Å²) in [6, 6.07) is 0. The Morgan fingerprint density at radius 2 is 2.28 bits per heavy atom. The van der Waals surface area contributed by atoms with Crippen LogP contribution in [0.1, 0.15) is 33.1 Å². The number of hydrogen-bond donors (Lipinski definition) is 0. The van der Waals surface area contributed by atoms with Gasteiger partial charge in [-0.3, -0.25) is 4.98 Å². The highest BCUT2D eigenvalue weighted by molar-refractivity contribution is 5.01. The molecule has 1 aliphatic heterocycles. The van der Waals surface area contributed by atoms with Crippen LogP contribution in [0.3, 0.4) is 0 Å². The van der Waals surface area contributed by atoms with Gasteiger partial charge in [-0.2, -0.15) is 0 Å². The van der Waals surface area contributed by atoms with Crippen molar-refractivity contribution in [2.45, 2.75) is 45.0 Å². The van der Waals surface area contributed by atoms with Crippen LogP contribution in [-0.2, 0) is 9.47 Å². The normalized spacial score (nSPS) is 20.7. The lowest BCUT2D eigenvalue weighted by Crippen LogP contribution is -2.38. The van der Waals surface area contributed by atoms with Gasteiger partial charge in [0, 0.05) is 19.0 Å². The molecule has 1 saturated heterocycles. The molecule has 0 amide bonds. The van der Waals surface area contributed by atoms with Crippen molar-refractivity contribution >= 4 is 0 Å². The van der Waals surface area contributed by atoms with E-state index in [0.717, 1.165) is 25.9 Å². The zero-order valence-corrected chi connectivity index (χ0v) is 11.0. The molecule has 5 heteroatoms. The summed E-state index contributed by atoms with van der Waals surface area (Å²) in [6.45, 7) is 5.18. The minimum atomic E-state index is -0.403. The second-order valence-corrected chi connectivity index (χ2v) is 5.01. The molecule has 1 unspecified atom stereocenters. The monoisotopic (exact) mass is 252 g/mol. The van der Waals surface area contributed by atoms with Crippen LogP contribution in [-0.4, -0.2) is 35.1 Å². The molecule has 0 N–H and O–H groups in total. The summed E-state index contributed by atoms with van der Waals surface area (Å²) in [5.41, 5.74) is -0.403. The van der Waals surface area contributed by atoms with E-state index in [-0.39, 0.29) is 6.29 Å². The highest BCUT2D eigenvalue weighted by Crippen LogP contribution is 2.21. The van der Waals surface area contributed by atoms with Crippen LogP contribution in [0.5, 0.6) is 5.88 Å². The summed E-state index contributed by atoms with van der Waals surface area (Å²) in [6.07, 6.45) is 7.93. The third-order valence-electron chi connectivity index (χ3n) is 2.70. The van der Waals surface area contributed by atoms with E-state index < -0.39 is 5.60 Å². The van der Waals surface area contributed by atoms with Crippen LogP contribution >= 0.6 is 0 Å². The van der Waals surface area contributed by atoms with Crippen molar-refractivity contribution in [1.82, 2.24) is 9.97 Å². The molecule has 100 valence electrons. The van der Waals surface area contributed by atoms with E-state index in [1.807, 2.05) is 13.8 Å². The first-order valence-electron chi connectivity index (χ1n) is 6.34. The highest BCUT2D eigenvalue weighted by Gasteiger charge is 2.26. The minimum absolute atomic E-state index is 0.112. The SMILES string of the molecule is CC(C)(COc1cnccn1)OC1CCCCO1. The molecule has 18 heavy (non-hydrogen) atoms. The smallest absolute Gasteiger partial charge is 0.232 e. The van der Waals surface area contributed by atoms with Gasteiger partial charge in [-0.25, -0.2) is 4.98 Å². The molecule has 1 aliphatic rings. The largest absolute Gasteiger partial charge is 0.474 e. The number of aromatic nitrogens is 2. The molecular formula is C13H20N2O3. The molecule has 1 aromatic heterocycles. The number of hydrogen-bond acceptors (Lipinski definition) is 5. The number of nitrogens with zero attached hydrogens (tertiary/aromatic N) is 2. The molecule has 1 atom stereocenters. The van der Waals surface area contributed by atoms with Gasteiger partial charge in [-0.05, 0) is 33.1 Å². The van der Waals surface area contributed by atoms with Crippen LogP contribution in [0.2, 0.25) is 0 Å². The molecule has 0 aromatic carbocycles. The summed E-state index contributed by atoms with van der Waals surface area (Å²) in [5.74, 6) is 0.513. The van der Waals surface area contributed by atoms with Gasteiger partial charge in [-0.1, -0.05) is 0 Å². The first-order valence-corrected chi connectivity index (χ1v) is 6.34. The summed E-state index contributed by atoms with van der Waals surface area (Å²) in [7, 11) is 0. The van der Waals surface area contributed by atoms with Crippen molar-refractivity contribution in [2.24, 2.45) is 0 Å². The van der Waals surface area contributed by atoms with Crippen LogP contribution in [0, 0.1) is 0 Å². The standard InChI is InChI=1S/C13H20N2O3/c1-13(2,18-12-5-3-4-8-16-12)10-17-11-9-14-6-7-15-11/h6-7,9,12H,3-5,8,10H2,1-2H3. The average molecular weight is 252 g/mol. The van der Waals surface area contributed by atoms with Crippen molar-refractivity contribution < 1.29 is 14.2 Å². The van der Waals surface area contributed by atoms with Gasteiger partial charge in [0.2, 0.25) is 5.88 Å². The topological polar surface area (TPSA) is 53.5 Å². The lowest BCUT2D eigenvalue weighted by Gasteiger charge is -2.32. The first kappa shape index (κ1) is 13.2. The lowest BCUT2D eigenvalue weighted by molar-refractivity contribution is -0.221. The van der Waals surface area contributed by atoms with Gasteiger partial charge in [0.1, 0.15) is 6.61 Å². The van der Waals surface area contributed by atoms with Crippen LogP contribution in [0.15, 0.2) is 18.6 Å². The average Bonchev–Trinajstić information content (AvgIpc) is 2.38. The lowest BCUT2D eigenvalue weighted by atomic mass is 10.1. The van der Waals surface area contributed by atoms with Crippen molar-refractivity contribution in [3.05, 3.63) is 18.6 Å². The Hall–Kier alpha value is -1.20. The molecule has 5 nitrogen and oxygen atoms in total. The van der Waals surface area contributed by atoms with Crippen molar-refractivity contribution in [1.29, 1.82) is 0 Å². The Bertz CT molecular complexity index is 351. The van der Waals surface area contributed by atoms with Crippen LogP contribution in [0.25, 0.3) is 0 Å². The minimum Gasteiger partial charge on any atom is -0.474 e. The Labute approximate surface area is 107 Å². The van der Waals surface area contributed by atoms with Crippen molar-refractivity contribution in [3.8, 4) is 5.88 Å². The second kappa shape index (κ2) is 6.11. The van der Waals surface area contributed by atoms with E-state index in [1.54, 1.807) is 18.6 Å². The molecule has 0 saturated carbocycles.